The summed E-state index contributed by atoms with van der Waals surface area (Å²) in [4.78, 5) is 25.5. The van der Waals surface area contributed by atoms with Crippen molar-refractivity contribution in [1.29, 1.82) is 0 Å². The molecule has 0 saturated heterocycles. The Morgan fingerprint density at radius 2 is 2.29 bits per heavy atom. The fourth-order valence-corrected chi connectivity index (χ4v) is 2.99. The van der Waals surface area contributed by atoms with Gasteiger partial charge in [-0.25, -0.2) is 19.6 Å². The number of nitrogens with zero attached hydrogens (tertiary/aromatic N) is 6. The fraction of sp³-hybridized carbons (Fsp3) is 0.133. The number of amides is 1. The number of carbonyl (C=O) groups excluding carboxylic acids is 1. The Bertz CT molecular complexity index is 927. The maximum absolute atomic E-state index is 12.0. The predicted octanol–water partition coefficient (Wildman–Crippen LogP) is 1.23. The SMILES string of the molecule is O=C(Cc1cn2ccsc2n1)NCc1ccc(-n2cncn2)nc1. The third kappa shape index (κ3) is 3.01. The molecule has 4 rings (SSSR count). The van der Waals surface area contributed by atoms with E-state index in [0.717, 1.165) is 16.2 Å². The van der Waals surface area contributed by atoms with Gasteiger partial charge in [-0.05, 0) is 11.6 Å². The number of rotatable bonds is 5. The van der Waals surface area contributed by atoms with Crippen molar-refractivity contribution in [1.82, 2.24) is 34.4 Å². The first-order chi connectivity index (χ1) is 11.8. The van der Waals surface area contributed by atoms with Crippen molar-refractivity contribution < 1.29 is 4.79 Å². The third-order valence-corrected chi connectivity index (χ3v) is 4.21. The number of pyridine rings is 1. The molecule has 0 aliphatic heterocycles. The number of hydrogen-bond acceptors (Lipinski definition) is 6. The van der Waals surface area contributed by atoms with Gasteiger partial charge in [-0.2, -0.15) is 5.10 Å². The molecule has 0 spiro atoms. The zero-order valence-corrected chi connectivity index (χ0v) is 13.3. The Morgan fingerprint density at radius 3 is 3.04 bits per heavy atom. The number of imidazole rings is 1. The van der Waals surface area contributed by atoms with E-state index in [-0.39, 0.29) is 12.3 Å². The number of carbonyl (C=O) groups is 1. The van der Waals surface area contributed by atoms with E-state index >= 15 is 0 Å². The van der Waals surface area contributed by atoms with E-state index < -0.39 is 0 Å². The molecule has 120 valence electrons. The summed E-state index contributed by atoms with van der Waals surface area (Å²) in [6, 6.07) is 3.73. The average Bonchev–Trinajstić information content (AvgIpc) is 3.30. The second kappa shape index (κ2) is 6.20. The van der Waals surface area contributed by atoms with Crippen molar-refractivity contribution in [3.8, 4) is 5.82 Å². The molecule has 0 fully saturated rings. The number of aromatic nitrogens is 6. The van der Waals surface area contributed by atoms with Gasteiger partial charge in [-0.3, -0.25) is 9.20 Å². The lowest BCUT2D eigenvalue weighted by atomic mass is 10.2. The van der Waals surface area contributed by atoms with Crippen molar-refractivity contribution in [2.75, 3.05) is 0 Å². The van der Waals surface area contributed by atoms with Crippen LogP contribution in [0.2, 0.25) is 0 Å². The van der Waals surface area contributed by atoms with Crippen molar-refractivity contribution in [3.05, 3.63) is 60.0 Å². The molecule has 4 heterocycles. The predicted molar refractivity (Wildman–Crippen MR) is 87.8 cm³/mol. The highest BCUT2D eigenvalue weighted by molar-refractivity contribution is 7.15. The maximum atomic E-state index is 12.0. The van der Waals surface area contributed by atoms with E-state index in [1.165, 1.54) is 6.33 Å². The fourth-order valence-electron chi connectivity index (χ4n) is 2.27. The molecule has 1 N–H and O–H groups in total. The molecule has 8 nitrogen and oxygen atoms in total. The van der Waals surface area contributed by atoms with Crippen LogP contribution in [0.4, 0.5) is 0 Å². The highest BCUT2D eigenvalue weighted by atomic mass is 32.1. The molecule has 0 bridgehead atoms. The number of thiazole rings is 1. The van der Waals surface area contributed by atoms with Gasteiger partial charge >= 0.3 is 0 Å². The molecule has 0 aliphatic carbocycles. The van der Waals surface area contributed by atoms with Crippen LogP contribution in [0.1, 0.15) is 11.3 Å². The van der Waals surface area contributed by atoms with E-state index in [2.05, 4.69) is 25.4 Å². The minimum Gasteiger partial charge on any atom is -0.352 e. The first-order valence-corrected chi connectivity index (χ1v) is 8.13. The smallest absolute Gasteiger partial charge is 0.226 e. The van der Waals surface area contributed by atoms with Gasteiger partial charge in [0.05, 0.1) is 12.1 Å². The molecule has 0 radical (unpaired) electrons. The summed E-state index contributed by atoms with van der Waals surface area (Å²) < 4.78 is 3.49. The third-order valence-electron chi connectivity index (χ3n) is 3.44. The van der Waals surface area contributed by atoms with Crippen molar-refractivity contribution in [2.45, 2.75) is 13.0 Å². The minimum absolute atomic E-state index is 0.0684. The van der Waals surface area contributed by atoms with Crippen LogP contribution in [0, 0.1) is 0 Å². The molecular formula is C15H13N7OS. The lowest BCUT2D eigenvalue weighted by molar-refractivity contribution is -0.120. The zero-order chi connectivity index (χ0) is 16.4. The highest BCUT2D eigenvalue weighted by Gasteiger charge is 2.08. The first kappa shape index (κ1) is 14.5. The maximum Gasteiger partial charge on any atom is 0.226 e. The van der Waals surface area contributed by atoms with Gasteiger partial charge in [-0.15, -0.1) is 11.3 Å². The van der Waals surface area contributed by atoms with Gasteiger partial charge in [0.25, 0.3) is 0 Å². The Hall–Kier alpha value is -3.07. The molecule has 24 heavy (non-hydrogen) atoms. The second-order valence-electron chi connectivity index (χ2n) is 5.14. The van der Waals surface area contributed by atoms with Crippen molar-refractivity contribution >= 4 is 22.2 Å². The standard InChI is InChI=1S/C15H13N7OS/c23-14(5-12-8-21-3-4-24-15(21)20-12)18-7-11-1-2-13(17-6-11)22-10-16-9-19-22/h1-4,6,8-10H,5,7H2,(H,18,23). The highest BCUT2D eigenvalue weighted by Crippen LogP contribution is 2.11. The van der Waals surface area contributed by atoms with Gasteiger partial charge in [0.1, 0.15) is 12.7 Å². The summed E-state index contributed by atoms with van der Waals surface area (Å²) in [6.45, 7) is 0.422. The van der Waals surface area contributed by atoms with Gasteiger partial charge < -0.3 is 5.32 Å². The average molecular weight is 339 g/mol. The van der Waals surface area contributed by atoms with Crippen LogP contribution in [-0.4, -0.2) is 35.0 Å². The first-order valence-electron chi connectivity index (χ1n) is 7.25. The largest absolute Gasteiger partial charge is 0.352 e. The Labute approximate surface area is 140 Å². The molecule has 0 aliphatic rings. The van der Waals surface area contributed by atoms with Crippen LogP contribution in [-0.2, 0) is 17.8 Å². The second-order valence-corrected chi connectivity index (χ2v) is 6.02. The molecule has 4 aromatic heterocycles. The van der Waals surface area contributed by atoms with E-state index in [9.17, 15) is 4.79 Å². The lowest BCUT2D eigenvalue weighted by Crippen LogP contribution is -2.24. The van der Waals surface area contributed by atoms with Gasteiger partial charge in [0.15, 0.2) is 10.8 Å². The van der Waals surface area contributed by atoms with Crippen LogP contribution in [0.25, 0.3) is 10.8 Å². The molecule has 0 atom stereocenters. The summed E-state index contributed by atoms with van der Waals surface area (Å²) >= 11 is 1.55. The normalized spacial score (nSPS) is 11.0. The molecular weight excluding hydrogens is 326 g/mol. The molecule has 0 unspecified atom stereocenters. The van der Waals surface area contributed by atoms with E-state index in [1.807, 2.05) is 34.3 Å². The van der Waals surface area contributed by atoms with Crippen LogP contribution in [0.3, 0.4) is 0 Å². The van der Waals surface area contributed by atoms with Gasteiger partial charge in [0.2, 0.25) is 5.91 Å². The summed E-state index contributed by atoms with van der Waals surface area (Å²) in [7, 11) is 0. The number of nitrogens with one attached hydrogen (secondary N) is 1. The zero-order valence-electron chi connectivity index (χ0n) is 12.5. The Balaban J connectivity index is 1.34. The summed E-state index contributed by atoms with van der Waals surface area (Å²) in [5.41, 5.74) is 1.68. The molecule has 1 amide bonds. The van der Waals surface area contributed by atoms with Gasteiger partial charge in [-0.1, -0.05) is 6.07 Å². The van der Waals surface area contributed by atoms with E-state index in [0.29, 0.717) is 12.4 Å². The monoisotopic (exact) mass is 339 g/mol. The van der Waals surface area contributed by atoms with Gasteiger partial charge in [0, 0.05) is 30.5 Å². The Morgan fingerprint density at radius 1 is 1.33 bits per heavy atom. The Kier molecular flexibility index (Phi) is 3.75. The van der Waals surface area contributed by atoms with E-state index in [4.69, 9.17) is 0 Å². The van der Waals surface area contributed by atoms with E-state index in [1.54, 1.807) is 28.5 Å². The molecule has 4 aromatic rings. The number of hydrogen-bond donors (Lipinski definition) is 1. The lowest BCUT2D eigenvalue weighted by Gasteiger charge is -2.05. The quantitative estimate of drug-likeness (QED) is 0.591. The summed E-state index contributed by atoms with van der Waals surface area (Å²) in [5, 5.41) is 8.86. The van der Waals surface area contributed by atoms with Crippen molar-refractivity contribution in [3.63, 3.8) is 0 Å². The van der Waals surface area contributed by atoms with Crippen LogP contribution < -0.4 is 5.32 Å². The van der Waals surface area contributed by atoms with Crippen LogP contribution in [0.15, 0.2) is 48.8 Å². The molecule has 0 saturated carbocycles. The molecule has 9 heteroatoms. The number of fused-ring (bicyclic) bond motifs is 1. The molecule has 0 aromatic carbocycles. The minimum atomic E-state index is -0.0684. The topological polar surface area (TPSA) is 90.0 Å². The van der Waals surface area contributed by atoms with Crippen LogP contribution in [0.5, 0.6) is 0 Å². The summed E-state index contributed by atoms with van der Waals surface area (Å²) in [5.74, 6) is 0.613. The van der Waals surface area contributed by atoms with Crippen molar-refractivity contribution in [2.24, 2.45) is 0 Å². The summed E-state index contributed by atoms with van der Waals surface area (Å²) in [6.07, 6.45) is 8.81. The van der Waals surface area contributed by atoms with Crippen LogP contribution >= 0.6 is 11.3 Å².